The van der Waals surface area contributed by atoms with Crippen LogP contribution in [-0.4, -0.2) is 17.5 Å². The Morgan fingerprint density at radius 3 is 1.56 bits per heavy atom. The average Bonchev–Trinajstić information content (AvgIpc) is 1.27. The molecular formula is C3H9NaO4S. The Kier molecular flexibility index (Phi) is 15.6. The van der Waals surface area contributed by atoms with Crippen LogP contribution < -0.4 is 29.6 Å². The SMILES string of the molecule is C=CC.O=S(=O)(O)O.[H-].[Na+]. The standard InChI is InChI=1S/C3H6.Na.H2O4S.H/c1-3-2;;1-5(2,3)4;/h3H,1H2,2H3;;(H2,1,2,3,4);/q;+1;;-1. The molecule has 0 fully saturated rings. The van der Waals surface area contributed by atoms with E-state index in [4.69, 9.17) is 17.5 Å². The molecule has 0 atom stereocenters. The third kappa shape index (κ3) is 1010. The molecule has 0 radical (unpaired) electrons. The van der Waals surface area contributed by atoms with Crippen LogP contribution in [0.15, 0.2) is 12.7 Å². The van der Waals surface area contributed by atoms with Crippen LogP contribution in [0.4, 0.5) is 0 Å². The second-order valence-electron chi connectivity index (χ2n) is 0.856. The summed E-state index contributed by atoms with van der Waals surface area (Å²) in [5.74, 6) is 0. The van der Waals surface area contributed by atoms with Gasteiger partial charge in [-0.3, -0.25) is 9.11 Å². The molecule has 0 aliphatic heterocycles. The zero-order valence-corrected chi connectivity index (χ0v) is 8.22. The first-order valence-corrected chi connectivity index (χ1v) is 3.08. The van der Waals surface area contributed by atoms with E-state index in [1.807, 2.05) is 6.92 Å². The van der Waals surface area contributed by atoms with Crippen LogP contribution in [0.25, 0.3) is 0 Å². The fourth-order valence-electron chi connectivity index (χ4n) is 0. The van der Waals surface area contributed by atoms with Crippen LogP contribution in [0.2, 0.25) is 0 Å². The molecule has 0 aliphatic rings. The van der Waals surface area contributed by atoms with Gasteiger partial charge in [0.25, 0.3) is 0 Å². The van der Waals surface area contributed by atoms with Crippen molar-refractivity contribution in [3.05, 3.63) is 12.7 Å². The molecule has 4 nitrogen and oxygen atoms in total. The maximum Gasteiger partial charge on any atom is 1.00 e. The second kappa shape index (κ2) is 8.61. The number of rotatable bonds is 0. The summed E-state index contributed by atoms with van der Waals surface area (Å²) in [6.07, 6.45) is 1.75. The molecule has 0 bridgehead atoms. The van der Waals surface area contributed by atoms with Gasteiger partial charge >= 0.3 is 40.0 Å². The smallest absolute Gasteiger partial charge is 1.00 e. The minimum absolute atomic E-state index is 0. The Labute approximate surface area is 78.3 Å². The summed E-state index contributed by atoms with van der Waals surface area (Å²) >= 11 is 0. The van der Waals surface area contributed by atoms with Gasteiger partial charge in [0, 0.05) is 0 Å². The first kappa shape index (κ1) is 16.3. The Bertz CT molecular complexity index is 135. The topological polar surface area (TPSA) is 74.6 Å². The zero-order chi connectivity index (χ0) is 7.21. The van der Waals surface area contributed by atoms with Gasteiger partial charge in [0.1, 0.15) is 0 Å². The van der Waals surface area contributed by atoms with Gasteiger partial charge in [0.2, 0.25) is 0 Å². The van der Waals surface area contributed by atoms with Gasteiger partial charge in [-0.15, -0.1) is 6.58 Å². The molecule has 52 valence electrons. The predicted octanol–water partition coefficient (Wildman–Crippen LogP) is -2.34. The van der Waals surface area contributed by atoms with Crippen LogP contribution in [-0.2, 0) is 10.4 Å². The van der Waals surface area contributed by atoms with Gasteiger partial charge in [-0.2, -0.15) is 8.42 Å². The van der Waals surface area contributed by atoms with Crippen molar-refractivity contribution in [2.24, 2.45) is 0 Å². The molecule has 0 aliphatic carbocycles. The van der Waals surface area contributed by atoms with E-state index in [0.717, 1.165) is 0 Å². The molecule has 0 rings (SSSR count). The summed E-state index contributed by atoms with van der Waals surface area (Å²) in [5.41, 5.74) is 0. The third-order valence-electron chi connectivity index (χ3n) is 0. The van der Waals surface area contributed by atoms with Crippen LogP contribution in [0.5, 0.6) is 0 Å². The van der Waals surface area contributed by atoms with Crippen LogP contribution in [0.1, 0.15) is 8.35 Å². The van der Waals surface area contributed by atoms with Gasteiger partial charge in [0.05, 0.1) is 0 Å². The molecule has 0 heterocycles. The Morgan fingerprint density at radius 1 is 1.56 bits per heavy atom. The quantitative estimate of drug-likeness (QED) is 0.239. The summed E-state index contributed by atoms with van der Waals surface area (Å²) in [4.78, 5) is 0. The molecule has 0 amide bonds. The normalized spacial score (nSPS) is 7.89. The largest absolute Gasteiger partial charge is 1.00 e. The van der Waals surface area contributed by atoms with E-state index in [1.165, 1.54) is 0 Å². The van der Waals surface area contributed by atoms with Crippen molar-refractivity contribution in [3.63, 3.8) is 0 Å². The zero-order valence-electron chi connectivity index (χ0n) is 6.40. The fraction of sp³-hybridized carbons (Fsp3) is 0.333. The molecule has 0 spiro atoms. The Morgan fingerprint density at radius 2 is 1.56 bits per heavy atom. The molecule has 0 unspecified atom stereocenters. The molecular weight excluding hydrogens is 155 g/mol. The third-order valence-corrected chi connectivity index (χ3v) is 0. The van der Waals surface area contributed by atoms with E-state index in [0.29, 0.717) is 0 Å². The van der Waals surface area contributed by atoms with E-state index >= 15 is 0 Å². The van der Waals surface area contributed by atoms with Gasteiger partial charge in [0.15, 0.2) is 0 Å². The minimum atomic E-state index is -4.67. The minimum Gasteiger partial charge on any atom is -1.00 e. The summed E-state index contributed by atoms with van der Waals surface area (Å²) in [6, 6.07) is 0. The van der Waals surface area contributed by atoms with Gasteiger partial charge < -0.3 is 1.43 Å². The Balaban J connectivity index is -0.0000000326. The summed E-state index contributed by atoms with van der Waals surface area (Å²) in [5, 5.41) is 0. The van der Waals surface area contributed by atoms with Gasteiger partial charge in [-0.1, -0.05) is 6.08 Å². The first-order chi connectivity index (χ1) is 3.41. The van der Waals surface area contributed by atoms with Crippen molar-refractivity contribution in [3.8, 4) is 0 Å². The van der Waals surface area contributed by atoms with E-state index < -0.39 is 10.4 Å². The van der Waals surface area contributed by atoms with E-state index in [9.17, 15) is 0 Å². The van der Waals surface area contributed by atoms with Crippen molar-refractivity contribution in [1.29, 1.82) is 0 Å². The molecule has 2 N–H and O–H groups in total. The van der Waals surface area contributed by atoms with Crippen molar-refractivity contribution in [1.82, 2.24) is 0 Å². The van der Waals surface area contributed by atoms with Gasteiger partial charge in [-0.05, 0) is 6.92 Å². The second-order valence-corrected chi connectivity index (χ2v) is 1.75. The van der Waals surface area contributed by atoms with Crippen molar-refractivity contribution >= 4 is 10.4 Å². The van der Waals surface area contributed by atoms with Crippen molar-refractivity contribution in [2.45, 2.75) is 6.92 Å². The predicted molar refractivity (Wildman–Crippen MR) is 31.2 cm³/mol. The van der Waals surface area contributed by atoms with Crippen molar-refractivity contribution in [2.75, 3.05) is 0 Å². The number of hydrogen-bond acceptors (Lipinski definition) is 2. The monoisotopic (exact) mass is 164 g/mol. The molecule has 0 saturated carbocycles. The number of hydrogen-bond donors (Lipinski definition) is 2. The Hall–Kier alpha value is 0.610. The van der Waals surface area contributed by atoms with Gasteiger partial charge in [-0.25, -0.2) is 0 Å². The maximum atomic E-state index is 8.74. The molecule has 9 heavy (non-hydrogen) atoms. The van der Waals surface area contributed by atoms with Crippen LogP contribution >= 0.6 is 0 Å². The van der Waals surface area contributed by atoms with E-state index in [-0.39, 0.29) is 31.0 Å². The number of allylic oxidation sites excluding steroid dienone is 1. The summed E-state index contributed by atoms with van der Waals surface area (Å²) in [6.45, 7) is 5.25. The summed E-state index contributed by atoms with van der Waals surface area (Å²) in [7, 11) is -4.67. The molecule has 0 aromatic heterocycles. The van der Waals surface area contributed by atoms with E-state index in [2.05, 4.69) is 6.58 Å². The summed E-state index contributed by atoms with van der Waals surface area (Å²) < 4.78 is 31.6. The van der Waals surface area contributed by atoms with Crippen LogP contribution in [0, 0.1) is 0 Å². The average molecular weight is 164 g/mol. The molecule has 0 saturated heterocycles. The van der Waals surface area contributed by atoms with E-state index in [1.54, 1.807) is 6.08 Å². The van der Waals surface area contributed by atoms with Crippen LogP contribution in [0.3, 0.4) is 0 Å². The van der Waals surface area contributed by atoms with Crippen molar-refractivity contribution < 1.29 is 48.5 Å². The first-order valence-electron chi connectivity index (χ1n) is 1.68. The maximum absolute atomic E-state index is 8.74. The fourth-order valence-corrected chi connectivity index (χ4v) is 0. The molecule has 6 heteroatoms. The molecule has 0 aromatic rings. The molecule has 0 aromatic carbocycles.